The van der Waals surface area contributed by atoms with E-state index < -0.39 is 9.84 Å². The van der Waals surface area contributed by atoms with Gasteiger partial charge in [-0.3, -0.25) is 0 Å². The molecule has 0 spiro atoms. The summed E-state index contributed by atoms with van der Waals surface area (Å²) in [5.41, 5.74) is 2.35. The van der Waals surface area contributed by atoms with Crippen molar-refractivity contribution in [1.29, 1.82) is 0 Å². The minimum Gasteiger partial charge on any atom is -0.370 e. The van der Waals surface area contributed by atoms with Crippen LogP contribution in [0.15, 0.2) is 58.3 Å². The predicted octanol–water partition coefficient (Wildman–Crippen LogP) is 3.30. The van der Waals surface area contributed by atoms with E-state index in [0.29, 0.717) is 33.6 Å². The zero-order valence-corrected chi connectivity index (χ0v) is 16.3. The summed E-state index contributed by atoms with van der Waals surface area (Å²) in [7, 11) is -1.35. The molecule has 4 rings (SSSR count). The molecular weight excluding hydrogens is 344 g/mol. The number of anilines is 1. The molecule has 0 aromatic heterocycles. The van der Waals surface area contributed by atoms with Crippen LogP contribution in [0.3, 0.4) is 0 Å². The SMILES string of the molecule is CC1CNCC(C)[C@@H]2c3cc(S(=O)(=O)c4ccccc4)ccc3N(C)[C@H]12. The third kappa shape index (κ3) is 2.65. The maximum atomic E-state index is 13.1. The second-order valence-corrected chi connectivity index (χ2v) is 9.73. The molecule has 2 aliphatic heterocycles. The Hall–Kier alpha value is -1.85. The second-order valence-electron chi connectivity index (χ2n) is 7.78. The van der Waals surface area contributed by atoms with Crippen molar-refractivity contribution < 1.29 is 8.42 Å². The topological polar surface area (TPSA) is 49.4 Å². The Morgan fingerprint density at radius 1 is 0.962 bits per heavy atom. The number of benzene rings is 2. The molecule has 0 amide bonds. The van der Waals surface area contributed by atoms with Gasteiger partial charge in [-0.15, -0.1) is 0 Å². The first-order valence-electron chi connectivity index (χ1n) is 9.29. The molecule has 4 atom stereocenters. The summed E-state index contributed by atoms with van der Waals surface area (Å²) in [5, 5.41) is 3.55. The van der Waals surface area contributed by atoms with Crippen LogP contribution in [-0.4, -0.2) is 34.6 Å². The highest BCUT2D eigenvalue weighted by atomic mass is 32.2. The Balaban J connectivity index is 1.82. The van der Waals surface area contributed by atoms with Crippen LogP contribution in [0.4, 0.5) is 5.69 Å². The number of likely N-dealkylation sites (N-methyl/N-ethyl adjacent to an activating group) is 1. The molecule has 1 N–H and O–H groups in total. The van der Waals surface area contributed by atoms with Gasteiger partial charge in [-0.05, 0) is 60.8 Å². The van der Waals surface area contributed by atoms with Gasteiger partial charge in [-0.2, -0.15) is 0 Å². The van der Waals surface area contributed by atoms with Crippen LogP contribution >= 0.6 is 0 Å². The van der Waals surface area contributed by atoms with Gasteiger partial charge in [0.1, 0.15) is 0 Å². The largest absolute Gasteiger partial charge is 0.370 e. The molecule has 2 heterocycles. The first-order valence-corrected chi connectivity index (χ1v) is 10.8. The fourth-order valence-corrected chi connectivity index (χ4v) is 6.09. The van der Waals surface area contributed by atoms with Crippen molar-refractivity contribution in [3.05, 3.63) is 54.1 Å². The summed E-state index contributed by atoms with van der Waals surface area (Å²) in [6.45, 7) is 6.52. The lowest BCUT2D eigenvalue weighted by atomic mass is 9.80. The van der Waals surface area contributed by atoms with Crippen LogP contribution in [0.1, 0.15) is 25.3 Å². The number of nitrogens with zero attached hydrogens (tertiary/aromatic N) is 1. The van der Waals surface area contributed by atoms with Crippen LogP contribution in [-0.2, 0) is 9.84 Å². The normalized spacial score (nSPS) is 28.3. The summed E-state index contributed by atoms with van der Waals surface area (Å²) in [6.07, 6.45) is 0. The quantitative estimate of drug-likeness (QED) is 0.881. The van der Waals surface area contributed by atoms with Crippen LogP contribution in [0.5, 0.6) is 0 Å². The van der Waals surface area contributed by atoms with Crippen molar-refractivity contribution in [2.24, 2.45) is 11.8 Å². The molecule has 4 nitrogen and oxygen atoms in total. The van der Waals surface area contributed by atoms with Crippen LogP contribution in [0.25, 0.3) is 0 Å². The van der Waals surface area contributed by atoms with Gasteiger partial charge in [-0.25, -0.2) is 8.42 Å². The minimum atomic E-state index is -3.49. The number of hydrogen-bond acceptors (Lipinski definition) is 4. The minimum absolute atomic E-state index is 0.353. The van der Waals surface area contributed by atoms with Gasteiger partial charge in [0.15, 0.2) is 0 Å². The molecule has 0 bridgehead atoms. The van der Waals surface area contributed by atoms with Crippen LogP contribution in [0, 0.1) is 11.8 Å². The first kappa shape index (κ1) is 17.6. The second kappa shape index (κ2) is 6.39. The molecule has 2 aromatic rings. The predicted molar refractivity (Wildman–Crippen MR) is 104 cm³/mol. The molecule has 1 fully saturated rings. The number of hydrogen-bond donors (Lipinski definition) is 1. The van der Waals surface area contributed by atoms with E-state index in [9.17, 15) is 8.42 Å². The average molecular weight is 371 g/mol. The van der Waals surface area contributed by atoms with Gasteiger partial charge in [0, 0.05) is 24.7 Å². The van der Waals surface area contributed by atoms with Crippen molar-refractivity contribution in [3.8, 4) is 0 Å². The van der Waals surface area contributed by atoms with Gasteiger partial charge in [0.25, 0.3) is 0 Å². The number of rotatable bonds is 2. The molecule has 2 aliphatic rings. The van der Waals surface area contributed by atoms with Crippen molar-refractivity contribution in [3.63, 3.8) is 0 Å². The molecular formula is C21H26N2O2S. The highest BCUT2D eigenvalue weighted by Gasteiger charge is 2.44. The molecule has 26 heavy (non-hydrogen) atoms. The fourth-order valence-electron chi connectivity index (χ4n) is 4.77. The average Bonchev–Trinajstić information content (AvgIpc) is 2.85. The Kier molecular flexibility index (Phi) is 4.32. The summed E-state index contributed by atoms with van der Waals surface area (Å²) in [4.78, 5) is 3.10. The van der Waals surface area contributed by atoms with Crippen LogP contribution < -0.4 is 10.2 Å². The zero-order chi connectivity index (χ0) is 18.5. The zero-order valence-electron chi connectivity index (χ0n) is 15.5. The molecule has 0 saturated carbocycles. The highest BCUT2D eigenvalue weighted by Crippen LogP contribution is 2.48. The van der Waals surface area contributed by atoms with Crippen molar-refractivity contribution >= 4 is 15.5 Å². The van der Waals surface area contributed by atoms with E-state index >= 15 is 0 Å². The molecule has 0 aliphatic carbocycles. The van der Waals surface area contributed by atoms with Crippen molar-refractivity contribution in [2.75, 3.05) is 25.0 Å². The molecule has 5 heteroatoms. The Labute approximate surface area is 156 Å². The maximum absolute atomic E-state index is 13.1. The lowest BCUT2D eigenvalue weighted by Gasteiger charge is -2.32. The third-order valence-electron chi connectivity index (χ3n) is 6.05. The van der Waals surface area contributed by atoms with Crippen molar-refractivity contribution in [2.45, 2.75) is 35.6 Å². The maximum Gasteiger partial charge on any atom is 0.206 e. The molecule has 1 saturated heterocycles. The number of sulfone groups is 1. The van der Waals surface area contributed by atoms with E-state index in [0.717, 1.165) is 13.1 Å². The van der Waals surface area contributed by atoms with Gasteiger partial charge in [-0.1, -0.05) is 32.0 Å². The van der Waals surface area contributed by atoms with E-state index in [1.54, 1.807) is 30.3 Å². The van der Waals surface area contributed by atoms with E-state index in [2.05, 4.69) is 31.1 Å². The van der Waals surface area contributed by atoms with E-state index in [4.69, 9.17) is 0 Å². The third-order valence-corrected chi connectivity index (χ3v) is 7.81. The smallest absolute Gasteiger partial charge is 0.206 e. The monoisotopic (exact) mass is 370 g/mol. The Morgan fingerprint density at radius 3 is 2.38 bits per heavy atom. The van der Waals surface area contributed by atoms with E-state index in [-0.39, 0.29) is 0 Å². The summed E-state index contributed by atoms with van der Waals surface area (Å²) < 4.78 is 26.1. The standard InChI is InChI=1S/C21H26N2O2S/c1-14-12-22-13-15(2)21-20(14)18-11-17(9-10-19(18)23(21)3)26(24,25)16-7-5-4-6-8-16/h4-11,14-15,20-22H,12-13H2,1-3H3/t14?,15?,20-,21-/m1/s1. The van der Waals surface area contributed by atoms with Gasteiger partial charge in [0.2, 0.25) is 9.84 Å². The van der Waals surface area contributed by atoms with E-state index in [1.165, 1.54) is 11.3 Å². The van der Waals surface area contributed by atoms with Crippen molar-refractivity contribution in [1.82, 2.24) is 5.32 Å². The van der Waals surface area contributed by atoms with Crippen LogP contribution in [0.2, 0.25) is 0 Å². The fraction of sp³-hybridized carbons (Fsp3) is 0.429. The Morgan fingerprint density at radius 2 is 1.65 bits per heavy atom. The molecule has 2 aromatic carbocycles. The lowest BCUT2D eigenvalue weighted by Crippen LogP contribution is -2.39. The summed E-state index contributed by atoms with van der Waals surface area (Å²) in [5.74, 6) is 1.32. The van der Waals surface area contributed by atoms with Gasteiger partial charge in [0.05, 0.1) is 9.79 Å². The number of fused-ring (bicyclic) bond motifs is 3. The molecule has 0 radical (unpaired) electrons. The summed E-state index contributed by atoms with van der Waals surface area (Å²) in [6, 6.07) is 14.8. The number of nitrogens with one attached hydrogen (secondary N) is 1. The summed E-state index contributed by atoms with van der Waals surface area (Å²) >= 11 is 0. The Bertz CT molecular complexity index is 911. The highest BCUT2D eigenvalue weighted by molar-refractivity contribution is 7.91. The van der Waals surface area contributed by atoms with Gasteiger partial charge < -0.3 is 10.2 Å². The first-order chi connectivity index (χ1) is 12.4. The van der Waals surface area contributed by atoms with Gasteiger partial charge >= 0.3 is 0 Å². The van der Waals surface area contributed by atoms with E-state index in [1.807, 2.05) is 18.2 Å². The molecule has 2 unspecified atom stereocenters. The lowest BCUT2D eigenvalue weighted by molar-refractivity contribution is 0.374. The molecule has 138 valence electrons.